The summed E-state index contributed by atoms with van der Waals surface area (Å²) in [6, 6.07) is 13.8. The van der Waals surface area contributed by atoms with Gasteiger partial charge >= 0.3 is 0 Å². The molecule has 1 aliphatic rings. The first-order valence-corrected chi connectivity index (χ1v) is 11.4. The minimum Gasteiger partial charge on any atom is -0.496 e. The average Bonchev–Trinajstić information content (AvgIpc) is 2.74. The van der Waals surface area contributed by atoms with Crippen LogP contribution in [0.25, 0.3) is 0 Å². The number of methoxy groups -OCH3 is 1. The molecule has 0 aromatic heterocycles. The monoisotopic (exact) mass is 479 g/mol. The molecule has 0 spiro atoms. The summed E-state index contributed by atoms with van der Waals surface area (Å²) in [5.41, 5.74) is 3.28. The minimum atomic E-state index is -3.52. The van der Waals surface area contributed by atoms with Crippen LogP contribution in [0, 0.1) is 5.92 Å². The fourth-order valence-electron chi connectivity index (χ4n) is 3.16. The van der Waals surface area contributed by atoms with Gasteiger partial charge in [-0.2, -0.15) is 9.41 Å². The van der Waals surface area contributed by atoms with Crippen LogP contribution in [0.5, 0.6) is 5.75 Å². The summed E-state index contributed by atoms with van der Waals surface area (Å²) in [6.07, 6.45) is 2.43. The Morgan fingerprint density at radius 3 is 2.55 bits per heavy atom. The fraction of sp³-hybridized carbons (Fsp3) is 0.300. The second-order valence-electron chi connectivity index (χ2n) is 6.61. The molecule has 9 heteroatoms. The first-order valence-electron chi connectivity index (χ1n) is 9.13. The number of halogens is 1. The topological polar surface area (TPSA) is 88.1 Å². The number of piperidine rings is 1. The molecule has 0 atom stereocenters. The zero-order chi connectivity index (χ0) is 20.9. The van der Waals surface area contributed by atoms with Gasteiger partial charge < -0.3 is 4.74 Å². The van der Waals surface area contributed by atoms with Crippen molar-refractivity contribution < 1.29 is 17.9 Å². The van der Waals surface area contributed by atoms with Crippen molar-refractivity contribution in [1.82, 2.24) is 9.73 Å². The summed E-state index contributed by atoms with van der Waals surface area (Å²) in [4.78, 5) is 12.7. The molecule has 1 amide bonds. The summed E-state index contributed by atoms with van der Waals surface area (Å²) >= 11 is 3.39. The van der Waals surface area contributed by atoms with Crippen molar-refractivity contribution in [3.63, 3.8) is 0 Å². The van der Waals surface area contributed by atoms with E-state index < -0.39 is 10.0 Å². The lowest BCUT2D eigenvalue weighted by Gasteiger charge is -2.30. The Kier molecular flexibility index (Phi) is 7.05. The highest BCUT2D eigenvalue weighted by molar-refractivity contribution is 9.10. The molecule has 0 bridgehead atoms. The second-order valence-corrected chi connectivity index (χ2v) is 9.47. The number of ether oxygens (including phenoxy) is 1. The van der Waals surface area contributed by atoms with Crippen molar-refractivity contribution in [2.75, 3.05) is 20.2 Å². The first-order chi connectivity index (χ1) is 13.9. The molecule has 1 fully saturated rings. The van der Waals surface area contributed by atoms with Crippen LogP contribution in [-0.2, 0) is 14.8 Å². The number of nitrogens with one attached hydrogen (secondary N) is 1. The van der Waals surface area contributed by atoms with Crippen molar-refractivity contribution in [1.29, 1.82) is 0 Å². The Hall–Kier alpha value is -2.23. The standard InChI is InChI=1S/C20H22BrN3O4S/c1-28-19-8-7-17(21)13-16(19)14-22-23-20(25)15-9-11-24(12-10-15)29(26,27)18-5-3-2-4-6-18/h2-8,13-15H,9-12H2,1H3,(H,23,25)/b22-14-. The maximum Gasteiger partial charge on any atom is 0.243 e. The average molecular weight is 480 g/mol. The lowest BCUT2D eigenvalue weighted by molar-refractivity contribution is -0.126. The number of hydrogen-bond acceptors (Lipinski definition) is 5. The minimum absolute atomic E-state index is 0.216. The van der Waals surface area contributed by atoms with Crippen LogP contribution in [0.4, 0.5) is 0 Å². The fourth-order valence-corrected chi connectivity index (χ4v) is 5.03. The van der Waals surface area contributed by atoms with Crippen LogP contribution < -0.4 is 10.2 Å². The molecular formula is C20H22BrN3O4S. The maximum absolute atomic E-state index is 12.7. The molecule has 3 rings (SSSR count). The van der Waals surface area contributed by atoms with E-state index in [4.69, 9.17) is 4.74 Å². The highest BCUT2D eigenvalue weighted by atomic mass is 79.9. The van der Waals surface area contributed by atoms with Crippen molar-refractivity contribution in [2.24, 2.45) is 11.0 Å². The van der Waals surface area contributed by atoms with Gasteiger partial charge in [0.15, 0.2) is 0 Å². The van der Waals surface area contributed by atoms with Gasteiger partial charge in [-0.25, -0.2) is 13.8 Å². The van der Waals surface area contributed by atoms with Gasteiger partial charge in [-0.1, -0.05) is 34.1 Å². The molecule has 1 heterocycles. The van der Waals surface area contributed by atoms with E-state index in [1.165, 1.54) is 10.5 Å². The Morgan fingerprint density at radius 2 is 1.90 bits per heavy atom. The summed E-state index contributed by atoms with van der Waals surface area (Å²) in [7, 11) is -1.96. The third kappa shape index (κ3) is 5.23. The molecule has 0 unspecified atom stereocenters. The van der Waals surface area contributed by atoms with Crippen LogP contribution in [0.3, 0.4) is 0 Å². The molecule has 1 aliphatic heterocycles. The van der Waals surface area contributed by atoms with Crippen molar-refractivity contribution in [3.05, 3.63) is 58.6 Å². The van der Waals surface area contributed by atoms with Gasteiger partial charge in [0, 0.05) is 29.0 Å². The van der Waals surface area contributed by atoms with E-state index in [0.29, 0.717) is 31.7 Å². The molecule has 29 heavy (non-hydrogen) atoms. The predicted octanol–water partition coefficient (Wildman–Crippen LogP) is 3.01. The maximum atomic E-state index is 12.7. The Morgan fingerprint density at radius 1 is 1.21 bits per heavy atom. The summed E-state index contributed by atoms with van der Waals surface area (Å²) in [6.45, 7) is 0.608. The molecule has 7 nitrogen and oxygen atoms in total. The lowest BCUT2D eigenvalue weighted by atomic mass is 9.98. The number of nitrogens with zero attached hydrogens (tertiary/aromatic N) is 2. The Labute approximate surface area is 178 Å². The molecule has 0 saturated carbocycles. The van der Waals surface area contributed by atoms with Crippen molar-refractivity contribution in [2.45, 2.75) is 17.7 Å². The molecule has 2 aromatic carbocycles. The third-order valence-electron chi connectivity index (χ3n) is 4.78. The van der Waals surface area contributed by atoms with E-state index >= 15 is 0 Å². The second kappa shape index (κ2) is 9.51. The first kappa shape index (κ1) is 21.5. The highest BCUT2D eigenvalue weighted by Gasteiger charge is 2.31. The molecular weight excluding hydrogens is 458 g/mol. The SMILES string of the molecule is COc1ccc(Br)cc1/C=N\NC(=O)C1CCN(S(=O)(=O)c2ccccc2)CC1. The summed E-state index contributed by atoms with van der Waals surface area (Å²) < 4.78 is 32.9. The van der Waals surface area contributed by atoms with E-state index in [1.54, 1.807) is 43.5 Å². The van der Waals surface area contributed by atoms with Crippen molar-refractivity contribution >= 4 is 38.1 Å². The number of hydrogen-bond donors (Lipinski definition) is 1. The molecule has 1 N–H and O–H groups in total. The smallest absolute Gasteiger partial charge is 0.243 e. The van der Waals surface area contributed by atoms with Gasteiger partial charge in [0.25, 0.3) is 0 Å². The zero-order valence-electron chi connectivity index (χ0n) is 15.9. The highest BCUT2D eigenvalue weighted by Crippen LogP contribution is 2.24. The summed E-state index contributed by atoms with van der Waals surface area (Å²) in [5, 5.41) is 4.02. The van der Waals surface area contributed by atoms with Gasteiger partial charge in [0.1, 0.15) is 5.75 Å². The largest absolute Gasteiger partial charge is 0.496 e. The lowest BCUT2D eigenvalue weighted by Crippen LogP contribution is -2.42. The Bertz CT molecular complexity index is 988. The van der Waals surface area contributed by atoms with Crippen LogP contribution in [0.2, 0.25) is 0 Å². The van der Waals surface area contributed by atoms with Crippen molar-refractivity contribution in [3.8, 4) is 5.75 Å². The van der Waals surface area contributed by atoms with E-state index in [2.05, 4.69) is 26.5 Å². The molecule has 1 saturated heterocycles. The summed E-state index contributed by atoms with van der Waals surface area (Å²) in [5.74, 6) is 0.149. The van der Waals surface area contributed by atoms with Crippen LogP contribution in [-0.4, -0.2) is 45.0 Å². The van der Waals surface area contributed by atoms with Gasteiger partial charge in [-0.15, -0.1) is 0 Å². The third-order valence-corrected chi connectivity index (χ3v) is 7.18. The number of sulfonamides is 1. The molecule has 0 radical (unpaired) electrons. The zero-order valence-corrected chi connectivity index (χ0v) is 18.3. The van der Waals surface area contributed by atoms with Crippen LogP contribution in [0.1, 0.15) is 18.4 Å². The number of carbonyl (C=O) groups is 1. The van der Waals surface area contributed by atoms with E-state index in [0.717, 1.165) is 10.0 Å². The van der Waals surface area contributed by atoms with E-state index in [-0.39, 0.29) is 16.7 Å². The number of carbonyl (C=O) groups excluding carboxylic acids is 1. The van der Waals surface area contributed by atoms with Crippen LogP contribution in [0.15, 0.2) is 63.0 Å². The van der Waals surface area contributed by atoms with Gasteiger partial charge in [-0.05, 0) is 43.2 Å². The van der Waals surface area contributed by atoms with Crippen LogP contribution >= 0.6 is 15.9 Å². The number of benzene rings is 2. The quantitative estimate of drug-likeness (QED) is 0.509. The van der Waals surface area contributed by atoms with E-state index in [1.807, 2.05) is 12.1 Å². The number of rotatable bonds is 6. The van der Waals surface area contributed by atoms with Gasteiger partial charge in [0.2, 0.25) is 15.9 Å². The van der Waals surface area contributed by atoms with Gasteiger partial charge in [0.05, 0.1) is 18.2 Å². The normalized spacial score (nSPS) is 16.1. The number of hydrazone groups is 1. The molecule has 2 aromatic rings. The molecule has 154 valence electrons. The Balaban J connectivity index is 1.56. The van der Waals surface area contributed by atoms with Gasteiger partial charge in [-0.3, -0.25) is 4.79 Å². The van der Waals surface area contributed by atoms with E-state index in [9.17, 15) is 13.2 Å². The number of amides is 1. The molecule has 0 aliphatic carbocycles. The predicted molar refractivity (Wildman–Crippen MR) is 114 cm³/mol.